The van der Waals surface area contributed by atoms with Crippen molar-refractivity contribution in [2.24, 2.45) is 5.90 Å². The molecule has 1 aromatic rings. The maximum Gasteiger partial charge on any atom is 0.357 e. The van der Waals surface area contributed by atoms with E-state index in [1.807, 2.05) is 0 Å². The van der Waals surface area contributed by atoms with E-state index in [1.54, 1.807) is 0 Å². The van der Waals surface area contributed by atoms with Crippen molar-refractivity contribution in [3.05, 3.63) is 44.0 Å². The summed E-state index contributed by atoms with van der Waals surface area (Å²) in [6.45, 7) is 0. The zero-order valence-corrected chi connectivity index (χ0v) is 7.65. The smallest absolute Gasteiger partial charge is 0.357 e. The molecular weight excluding hydrogens is 222 g/mol. The van der Waals surface area contributed by atoms with E-state index in [4.69, 9.17) is 0 Å². The normalized spacial score (nSPS) is 9.56. The summed E-state index contributed by atoms with van der Waals surface area (Å²) in [5, 5.41) is 20.9. The summed E-state index contributed by atoms with van der Waals surface area (Å²) in [4.78, 5) is 33.9. The molecule has 16 heavy (non-hydrogen) atoms. The SMILES string of the molecule is NOC(=O)c1cc([N+](=O)[O-])cc([N+](=O)[O-])c1. The zero-order chi connectivity index (χ0) is 12.3. The van der Waals surface area contributed by atoms with Gasteiger partial charge in [0.1, 0.15) is 0 Å². The molecule has 0 bridgehead atoms. The van der Waals surface area contributed by atoms with Gasteiger partial charge in [0, 0.05) is 12.1 Å². The molecule has 9 heteroatoms. The van der Waals surface area contributed by atoms with Crippen LogP contribution in [0.2, 0.25) is 0 Å². The van der Waals surface area contributed by atoms with Gasteiger partial charge in [-0.3, -0.25) is 20.2 Å². The lowest BCUT2D eigenvalue weighted by atomic mass is 10.2. The van der Waals surface area contributed by atoms with Gasteiger partial charge in [-0.2, -0.15) is 5.90 Å². The minimum absolute atomic E-state index is 0.358. The minimum Gasteiger partial charge on any atom is -0.370 e. The molecule has 9 nitrogen and oxygen atoms in total. The highest BCUT2D eigenvalue weighted by Crippen LogP contribution is 2.22. The first-order valence-electron chi connectivity index (χ1n) is 3.80. The molecule has 0 saturated carbocycles. The van der Waals surface area contributed by atoms with Crippen LogP contribution in [0.3, 0.4) is 0 Å². The van der Waals surface area contributed by atoms with Gasteiger partial charge in [0.15, 0.2) is 0 Å². The summed E-state index contributed by atoms with van der Waals surface area (Å²) < 4.78 is 0. The Bertz CT molecular complexity index is 439. The van der Waals surface area contributed by atoms with Crippen molar-refractivity contribution in [3.63, 3.8) is 0 Å². The third-order valence-corrected chi connectivity index (χ3v) is 1.67. The highest BCUT2D eigenvalue weighted by atomic mass is 16.7. The number of benzene rings is 1. The fraction of sp³-hybridized carbons (Fsp3) is 0. The van der Waals surface area contributed by atoms with Gasteiger partial charge in [-0.05, 0) is 0 Å². The summed E-state index contributed by atoms with van der Waals surface area (Å²) in [7, 11) is 0. The van der Waals surface area contributed by atoms with E-state index in [1.165, 1.54) is 0 Å². The third-order valence-electron chi connectivity index (χ3n) is 1.67. The predicted molar refractivity (Wildman–Crippen MR) is 49.4 cm³/mol. The molecule has 0 saturated heterocycles. The number of nitrogens with zero attached hydrogens (tertiary/aromatic N) is 2. The van der Waals surface area contributed by atoms with Crippen molar-refractivity contribution in [2.75, 3.05) is 0 Å². The van der Waals surface area contributed by atoms with Crippen molar-refractivity contribution in [1.29, 1.82) is 0 Å². The molecule has 0 heterocycles. The molecule has 0 fully saturated rings. The number of hydrogen-bond donors (Lipinski definition) is 1. The largest absolute Gasteiger partial charge is 0.370 e. The van der Waals surface area contributed by atoms with Crippen LogP contribution in [0, 0.1) is 20.2 Å². The number of nitro benzene ring substituents is 2. The fourth-order valence-corrected chi connectivity index (χ4v) is 0.992. The van der Waals surface area contributed by atoms with Crippen LogP contribution in [-0.4, -0.2) is 15.8 Å². The molecule has 0 unspecified atom stereocenters. The maximum absolute atomic E-state index is 11.0. The molecular formula is C7H5N3O6. The first-order valence-corrected chi connectivity index (χ1v) is 3.80. The van der Waals surface area contributed by atoms with Crippen molar-refractivity contribution in [1.82, 2.24) is 0 Å². The van der Waals surface area contributed by atoms with E-state index in [0.29, 0.717) is 0 Å². The highest BCUT2D eigenvalue weighted by molar-refractivity contribution is 5.90. The maximum atomic E-state index is 11.0. The Balaban J connectivity index is 3.35. The number of nitrogens with two attached hydrogens (primary N) is 1. The van der Waals surface area contributed by atoms with Gasteiger partial charge in [-0.1, -0.05) is 0 Å². The Morgan fingerprint density at radius 1 is 1.12 bits per heavy atom. The Kier molecular flexibility index (Phi) is 3.11. The Morgan fingerprint density at radius 2 is 1.56 bits per heavy atom. The Hall–Kier alpha value is -2.55. The molecule has 0 aliphatic heterocycles. The zero-order valence-electron chi connectivity index (χ0n) is 7.65. The second-order valence-corrected chi connectivity index (χ2v) is 2.66. The van der Waals surface area contributed by atoms with Crippen molar-refractivity contribution >= 4 is 17.3 Å². The number of carbonyl (C=O) groups is 1. The molecule has 0 aliphatic carbocycles. The third kappa shape index (κ3) is 2.27. The fourth-order valence-electron chi connectivity index (χ4n) is 0.992. The molecule has 2 N–H and O–H groups in total. The molecule has 0 atom stereocenters. The van der Waals surface area contributed by atoms with E-state index in [9.17, 15) is 25.0 Å². The number of carbonyl (C=O) groups excluding carboxylic acids is 1. The molecule has 0 radical (unpaired) electrons. The second kappa shape index (κ2) is 4.31. The summed E-state index contributed by atoms with van der Waals surface area (Å²) >= 11 is 0. The van der Waals surface area contributed by atoms with Gasteiger partial charge in [0.05, 0.1) is 21.5 Å². The van der Waals surface area contributed by atoms with Gasteiger partial charge in [-0.25, -0.2) is 4.79 Å². The molecule has 84 valence electrons. The van der Waals surface area contributed by atoms with Crippen molar-refractivity contribution < 1.29 is 19.5 Å². The van der Waals surface area contributed by atoms with Crippen molar-refractivity contribution in [3.8, 4) is 0 Å². The topological polar surface area (TPSA) is 139 Å². The van der Waals surface area contributed by atoms with Crippen LogP contribution in [-0.2, 0) is 4.84 Å². The average molecular weight is 227 g/mol. The van der Waals surface area contributed by atoms with Gasteiger partial charge in [0.25, 0.3) is 11.4 Å². The van der Waals surface area contributed by atoms with Gasteiger partial charge < -0.3 is 4.84 Å². The van der Waals surface area contributed by atoms with Crippen LogP contribution in [0.4, 0.5) is 11.4 Å². The molecule has 0 aromatic heterocycles. The van der Waals surface area contributed by atoms with Gasteiger partial charge in [-0.15, -0.1) is 0 Å². The summed E-state index contributed by atoms with van der Waals surface area (Å²) in [5.74, 6) is 3.48. The van der Waals surface area contributed by atoms with Crippen LogP contribution in [0.5, 0.6) is 0 Å². The van der Waals surface area contributed by atoms with Crippen LogP contribution < -0.4 is 5.90 Å². The number of hydrogen-bond acceptors (Lipinski definition) is 7. The number of non-ortho nitro benzene ring substituents is 2. The van der Waals surface area contributed by atoms with Crippen LogP contribution in [0.25, 0.3) is 0 Å². The second-order valence-electron chi connectivity index (χ2n) is 2.66. The van der Waals surface area contributed by atoms with Crippen molar-refractivity contribution in [2.45, 2.75) is 0 Å². The Labute approximate surface area is 87.7 Å². The monoisotopic (exact) mass is 227 g/mol. The molecule has 1 aromatic carbocycles. The van der Waals surface area contributed by atoms with Gasteiger partial charge in [0.2, 0.25) is 0 Å². The lowest BCUT2D eigenvalue weighted by Crippen LogP contribution is -2.10. The number of nitro groups is 2. The van der Waals surface area contributed by atoms with Gasteiger partial charge >= 0.3 is 5.97 Å². The number of rotatable bonds is 3. The average Bonchev–Trinajstić information content (AvgIpc) is 2.27. The minimum atomic E-state index is -1.09. The van der Waals surface area contributed by atoms with Crippen LogP contribution >= 0.6 is 0 Å². The van der Waals surface area contributed by atoms with Crippen LogP contribution in [0.1, 0.15) is 10.4 Å². The van der Waals surface area contributed by atoms with E-state index in [0.717, 1.165) is 18.2 Å². The summed E-state index contributed by atoms with van der Waals surface area (Å²) in [6.07, 6.45) is 0. The lowest BCUT2D eigenvalue weighted by Gasteiger charge is -1.98. The first-order chi connectivity index (χ1) is 7.45. The van der Waals surface area contributed by atoms with E-state index in [2.05, 4.69) is 10.7 Å². The summed E-state index contributed by atoms with van der Waals surface area (Å²) in [5.41, 5.74) is -1.53. The standard InChI is InChI=1S/C7H5N3O6/c8-16-7(11)4-1-5(9(12)13)3-6(2-4)10(14)15/h1-3H,8H2. The van der Waals surface area contributed by atoms with E-state index in [-0.39, 0.29) is 5.56 Å². The molecule has 0 spiro atoms. The van der Waals surface area contributed by atoms with Crippen LogP contribution in [0.15, 0.2) is 18.2 Å². The molecule has 0 aliphatic rings. The van der Waals surface area contributed by atoms with E-state index >= 15 is 0 Å². The summed E-state index contributed by atoms with van der Waals surface area (Å²) in [6, 6.07) is 2.40. The predicted octanol–water partition coefficient (Wildman–Crippen LogP) is 0.533. The quantitative estimate of drug-likeness (QED) is 0.586. The lowest BCUT2D eigenvalue weighted by molar-refractivity contribution is -0.394. The van der Waals surface area contributed by atoms with E-state index < -0.39 is 27.2 Å². The molecule has 0 amide bonds. The highest BCUT2D eigenvalue weighted by Gasteiger charge is 2.20. The first kappa shape index (κ1) is 11.5. The Morgan fingerprint density at radius 3 is 1.88 bits per heavy atom. The molecule has 1 rings (SSSR count).